The number of carbonyl (C=O) groups excluding carboxylic acids is 2. The van der Waals surface area contributed by atoms with Gasteiger partial charge in [0.05, 0.1) is 12.6 Å². The molecule has 3 N–H and O–H groups in total. The Kier molecular flexibility index (Phi) is 5.35. The molecule has 2 heterocycles. The number of amides is 2. The van der Waals surface area contributed by atoms with Gasteiger partial charge in [-0.2, -0.15) is 0 Å². The maximum Gasteiger partial charge on any atom is 0.309 e. The van der Waals surface area contributed by atoms with Crippen LogP contribution in [-0.4, -0.2) is 23.5 Å². The second kappa shape index (κ2) is 7.24. The van der Waals surface area contributed by atoms with Crippen LogP contribution in [0.15, 0.2) is 28.0 Å². The third-order valence-corrected chi connectivity index (χ3v) is 3.98. The molecule has 0 saturated heterocycles. The lowest BCUT2D eigenvalue weighted by molar-refractivity contribution is -0.139. The van der Waals surface area contributed by atoms with Crippen LogP contribution in [0, 0.1) is 13.8 Å². The highest BCUT2D eigenvalue weighted by Gasteiger charge is 2.18. The Morgan fingerprint density at radius 1 is 1.32 bits per heavy atom. The first-order valence-electron chi connectivity index (χ1n) is 6.80. The van der Waals surface area contributed by atoms with Crippen molar-refractivity contribution in [1.29, 1.82) is 0 Å². The lowest BCUT2D eigenvalue weighted by Crippen LogP contribution is -2.41. The van der Waals surface area contributed by atoms with E-state index in [0.29, 0.717) is 23.6 Å². The smallest absolute Gasteiger partial charge is 0.309 e. The summed E-state index contributed by atoms with van der Waals surface area (Å²) in [6.07, 6.45) is -0.911. The first-order chi connectivity index (χ1) is 10.5. The summed E-state index contributed by atoms with van der Waals surface area (Å²) >= 11 is 1.50. The zero-order valence-corrected chi connectivity index (χ0v) is 13.2. The minimum absolute atomic E-state index is 0.0505. The van der Waals surface area contributed by atoms with Crippen LogP contribution in [0.1, 0.15) is 28.1 Å². The van der Waals surface area contributed by atoms with E-state index in [1.54, 1.807) is 19.9 Å². The predicted molar refractivity (Wildman–Crippen MR) is 82.3 cm³/mol. The van der Waals surface area contributed by atoms with Crippen molar-refractivity contribution in [2.75, 3.05) is 6.54 Å². The van der Waals surface area contributed by atoms with Gasteiger partial charge in [-0.25, -0.2) is 0 Å². The lowest BCUT2D eigenvalue weighted by atomic mass is 10.1. The van der Waals surface area contributed by atoms with Gasteiger partial charge in [0.2, 0.25) is 0 Å². The molecular formula is C15H18N2O4S. The molecule has 0 bridgehead atoms. The van der Waals surface area contributed by atoms with E-state index in [4.69, 9.17) is 4.42 Å². The molecule has 6 nitrogen and oxygen atoms in total. The molecule has 1 atom stereocenters. The largest absolute Gasteiger partial charge is 0.466 e. The van der Waals surface area contributed by atoms with Crippen molar-refractivity contribution in [2.24, 2.45) is 0 Å². The van der Waals surface area contributed by atoms with Crippen molar-refractivity contribution in [2.45, 2.75) is 26.5 Å². The molecular weight excluding hydrogens is 304 g/mol. The summed E-state index contributed by atoms with van der Waals surface area (Å²) in [5, 5.41) is 16.8. The van der Waals surface area contributed by atoms with Crippen molar-refractivity contribution in [3.8, 4) is 0 Å². The van der Waals surface area contributed by atoms with E-state index in [1.165, 1.54) is 11.3 Å². The third-order valence-electron chi connectivity index (χ3n) is 3.10. The van der Waals surface area contributed by atoms with Gasteiger partial charge in [0.15, 0.2) is 0 Å². The minimum atomic E-state index is -0.911. The van der Waals surface area contributed by atoms with Gasteiger partial charge in [0, 0.05) is 17.0 Å². The van der Waals surface area contributed by atoms with Crippen LogP contribution in [0.2, 0.25) is 0 Å². The maximum absolute atomic E-state index is 11.7. The second-order valence-electron chi connectivity index (χ2n) is 4.86. The molecule has 0 spiro atoms. The Bertz CT molecular complexity index is 649. The second-order valence-corrected chi connectivity index (χ2v) is 5.89. The highest BCUT2D eigenvalue weighted by atomic mass is 32.1. The van der Waals surface area contributed by atoms with Crippen LogP contribution in [0.5, 0.6) is 0 Å². The molecule has 0 aromatic carbocycles. The predicted octanol–water partition coefficient (Wildman–Crippen LogP) is 1.42. The van der Waals surface area contributed by atoms with E-state index in [1.807, 2.05) is 17.5 Å². The summed E-state index contributed by atoms with van der Waals surface area (Å²) in [5.74, 6) is -0.206. The van der Waals surface area contributed by atoms with Crippen molar-refractivity contribution in [3.05, 3.63) is 45.5 Å². The number of nitrogens with one attached hydrogen (secondary N) is 2. The number of furan rings is 1. The molecule has 0 aliphatic carbocycles. The maximum atomic E-state index is 11.7. The number of hydrogen-bond acceptors (Lipinski definition) is 5. The zero-order valence-electron chi connectivity index (χ0n) is 12.4. The number of thiophene rings is 1. The standard InChI is InChI=1S/C15H18N2O4S/c1-9-6-12(10(2)21-9)13(18)8-17-15(20)14(19)16-7-11-4-3-5-22-11/h3-6,13,18H,7-8H2,1-2H3,(H,16,19)(H,17,20). The van der Waals surface area contributed by atoms with E-state index < -0.39 is 17.9 Å². The summed E-state index contributed by atoms with van der Waals surface area (Å²) in [6, 6.07) is 5.46. The van der Waals surface area contributed by atoms with Gasteiger partial charge in [0.25, 0.3) is 0 Å². The Hall–Kier alpha value is -2.12. The van der Waals surface area contributed by atoms with Crippen LogP contribution < -0.4 is 10.6 Å². The Morgan fingerprint density at radius 3 is 2.64 bits per heavy atom. The van der Waals surface area contributed by atoms with Gasteiger partial charge >= 0.3 is 11.8 Å². The first kappa shape index (κ1) is 16.3. The van der Waals surface area contributed by atoms with Gasteiger partial charge in [-0.05, 0) is 31.4 Å². The SMILES string of the molecule is Cc1cc(C(O)CNC(=O)C(=O)NCc2cccs2)c(C)o1. The first-order valence-corrected chi connectivity index (χ1v) is 7.68. The topological polar surface area (TPSA) is 91.6 Å². The molecule has 0 saturated carbocycles. The number of hydrogen-bond donors (Lipinski definition) is 3. The molecule has 118 valence electrons. The van der Waals surface area contributed by atoms with Crippen LogP contribution >= 0.6 is 11.3 Å². The quantitative estimate of drug-likeness (QED) is 0.726. The Morgan fingerprint density at radius 2 is 2.05 bits per heavy atom. The number of aliphatic hydroxyl groups excluding tert-OH is 1. The molecule has 0 aliphatic rings. The van der Waals surface area contributed by atoms with E-state index in [2.05, 4.69) is 10.6 Å². The number of aryl methyl sites for hydroxylation is 2. The molecule has 22 heavy (non-hydrogen) atoms. The molecule has 0 fully saturated rings. The molecule has 2 amide bonds. The van der Waals surface area contributed by atoms with Crippen LogP contribution in [0.25, 0.3) is 0 Å². The van der Waals surface area contributed by atoms with Crippen LogP contribution in [-0.2, 0) is 16.1 Å². The fourth-order valence-corrected chi connectivity index (χ4v) is 2.67. The van der Waals surface area contributed by atoms with Gasteiger partial charge in [-0.3, -0.25) is 9.59 Å². The Labute approximate surface area is 132 Å². The average Bonchev–Trinajstić information content (AvgIpc) is 3.11. The summed E-state index contributed by atoms with van der Waals surface area (Å²) in [7, 11) is 0. The molecule has 0 aliphatic heterocycles. The molecule has 1 unspecified atom stereocenters. The van der Waals surface area contributed by atoms with Gasteiger partial charge in [0.1, 0.15) is 11.5 Å². The monoisotopic (exact) mass is 322 g/mol. The minimum Gasteiger partial charge on any atom is -0.466 e. The summed E-state index contributed by atoms with van der Waals surface area (Å²) < 4.78 is 5.32. The van der Waals surface area contributed by atoms with E-state index in [0.717, 1.165) is 4.88 Å². The van der Waals surface area contributed by atoms with Gasteiger partial charge < -0.3 is 20.2 Å². The Balaban J connectivity index is 1.79. The number of carbonyl (C=O) groups is 2. The van der Waals surface area contributed by atoms with Crippen molar-refractivity contribution >= 4 is 23.2 Å². The van der Waals surface area contributed by atoms with Gasteiger partial charge in [-0.15, -0.1) is 11.3 Å². The van der Waals surface area contributed by atoms with E-state index in [-0.39, 0.29) is 6.54 Å². The fourth-order valence-electron chi connectivity index (χ4n) is 2.02. The molecule has 2 aromatic heterocycles. The fraction of sp³-hybridized carbons (Fsp3) is 0.333. The molecule has 2 aromatic rings. The van der Waals surface area contributed by atoms with E-state index >= 15 is 0 Å². The zero-order chi connectivity index (χ0) is 16.1. The van der Waals surface area contributed by atoms with Crippen molar-refractivity contribution in [3.63, 3.8) is 0 Å². The number of aliphatic hydroxyl groups is 1. The van der Waals surface area contributed by atoms with Crippen molar-refractivity contribution < 1.29 is 19.1 Å². The third kappa shape index (κ3) is 4.19. The van der Waals surface area contributed by atoms with E-state index in [9.17, 15) is 14.7 Å². The summed E-state index contributed by atoms with van der Waals surface area (Å²) in [6.45, 7) is 3.78. The summed E-state index contributed by atoms with van der Waals surface area (Å²) in [4.78, 5) is 24.3. The highest BCUT2D eigenvalue weighted by Crippen LogP contribution is 2.20. The van der Waals surface area contributed by atoms with Crippen molar-refractivity contribution in [1.82, 2.24) is 10.6 Å². The lowest BCUT2D eigenvalue weighted by Gasteiger charge is -2.11. The normalized spacial score (nSPS) is 12.0. The average molecular weight is 322 g/mol. The summed E-state index contributed by atoms with van der Waals surface area (Å²) in [5.41, 5.74) is 0.608. The molecule has 0 radical (unpaired) electrons. The van der Waals surface area contributed by atoms with Crippen LogP contribution in [0.3, 0.4) is 0 Å². The van der Waals surface area contributed by atoms with Crippen LogP contribution in [0.4, 0.5) is 0 Å². The molecule has 2 rings (SSSR count). The highest BCUT2D eigenvalue weighted by molar-refractivity contribution is 7.09. The van der Waals surface area contributed by atoms with Gasteiger partial charge in [-0.1, -0.05) is 6.07 Å². The number of rotatable bonds is 5. The molecule has 7 heteroatoms.